The summed E-state index contributed by atoms with van der Waals surface area (Å²) in [4.78, 5) is 14.4. The molecule has 4 nitrogen and oxygen atoms in total. The van der Waals surface area contributed by atoms with Crippen molar-refractivity contribution in [2.75, 3.05) is 5.73 Å². The molecule has 0 aliphatic carbocycles. The highest BCUT2D eigenvalue weighted by molar-refractivity contribution is 9.10. The van der Waals surface area contributed by atoms with Gasteiger partial charge in [-0.1, -0.05) is 0 Å². The maximum atomic E-state index is 10.5. The Morgan fingerprint density at radius 1 is 1.69 bits per heavy atom. The zero-order valence-electron chi connectivity index (χ0n) is 6.74. The van der Waals surface area contributed by atoms with Gasteiger partial charge in [-0.3, -0.25) is 0 Å². The van der Waals surface area contributed by atoms with Crippen LogP contribution in [0.15, 0.2) is 10.5 Å². The molecule has 0 aliphatic heterocycles. The number of hydrogen-bond donors (Lipinski definition) is 2. The van der Waals surface area contributed by atoms with Crippen LogP contribution >= 0.6 is 32.9 Å². The predicted octanol–water partition coefficient (Wildman–Crippen LogP) is 2.01. The number of aromatic carboxylic acids is 1. The molecular weight excluding hydrogens is 304 g/mol. The average molecular weight is 312 g/mol. The van der Waals surface area contributed by atoms with Crippen molar-refractivity contribution in [3.63, 3.8) is 0 Å². The van der Waals surface area contributed by atoms with Gasteiger partial charge in [-0.2, -0.15) is 0 Å². The summed E-state index contributed by atoms with van der Waals surface area (Å²) in [6.45, 7) is 1.74. The number of aromatic nitrogens is 1. The van der Waals surface area contributed by atoms with Gasteiger partial charge in [0, 0.05) is 4.47 Å². The summed E-state index contributed by atoms with van der Waals surface area (Å²) in [5.41, 5.74) is 6.08. The van der Waals surface area contributed by atoms with E-state index in [1.54, 1.807) is 6.92 Å². The van der Waals surface area contributed by atoms with E-state index in [1.807, 2.05) is 0 Å². The molecular formula is C7H8Br2N2O2. The number of rotatable bonds is 1. The number of anilines is 1. The molecule has 13 heavy (non-hydrogen) atoms. The summed E-state index contributed by atoms with van der Waals surface area (Å²) in [7, 11) is 0. The van der Waals surface area contributed by atoms with E-state index in [0.717, 1.165) is 0 Å². The van der Waals surface area contributed by atoms with Gasteiger partial charge in [0.15, 0.2) is 0 Å². The fourth-order valence-corrected chi connectivity index (χ4v) is 1.09. The monoisotopic (exact) mass is 310 g/mol. The first-order valence-electron chi connectivity index (χ1n) is 3.18. The summed E-state index contributed by atoms with van der Waals surface area (Å²) in [6.07, 6.45) is 0. The number of nitrogen functional groups attached to an aromatic ring is 1. The lowest BCUT2D eigenvalue weighted by molar-refractivity contribution is 0.0697. The van der Waals surface area contributed by atoms with Crippen LogP contribution in [0, 0.1) is 6.92 Å². The molecule has 0 amide bonds. The number of hydrogen-bond acceptors (Lipinski definition) is 3. The zero-order valence-corrected chi connectivity index (χ0v) is 10.0. The third-order valence-electron chi connectivity index (χ3n) is 1.41. The molecule has 1 rings (SSSR count). The number of pyridine rings is 1. The van der Waals surface area contributed by atoms with Gasteiger partial charge in [0.2, 0.25) is 0 Å². The lowest BCUT2D eigenvalue weighted by Gasteiger charge is -2.02. The fourth-order valence-electron chi connectivity index (χ4n) is 0.771. The van der Waals surface area contributed by atoms with Crippen molar-refractivity contribution >= 4 is 44.7 Å². The van der Waals surface area contributed by atoms with Crippen molar-refractivity contribution in [2.24, 2.45) is 0 Å². The van der Waals surface area contributed by atoms with E-state index in [-0.39, 0.29) is 28.4 Å². The van der Waals surface area contributed by atoms with Crippen molar-refractivity contribution < 1.29 is 9.90 Å². The molecule has 0 radical (unpaired) electrons. The van der Waals surface area contributed by atoms with Crippen LogP contribution in [0.1, 0.15) is 16.1 Å². The van der Waals surface area contributed by atoms with Crippen molar-refractivity contribution in [1.82, 2.24) is 4.98 Å². The minimum atomic E-state index is -1.07. The Bertz CT molecular complexity index is 342. The summed E-state index contributed by atoms with van der Waals surface area (Å²) in [6, 6.07) is 1.44. The molecule has 0 fully saturated rings. The smallest absolute Gasteiger partial charge is 0.339 e. The SMILES string of the molecule is Br.Cc1nc(N)c(C(=O)O)cc1Br. The van der Waals surface area contributed by atoms with Crippen LogP contribution in [0.3, 0.4) is 0 Å². The summed E-state index contributed by atoms with van der Waals surface area (Å²) in [5.74, 6) is -1.02. The summed E-state index contributed by atoms with van der Waals surface area (Å²) < 4.78 is 0.647. The van der Waals surface area contributed by atoms with Crippen molar-refractivity contribution in [3.8, 4) is 0 Å². The van der Waals surface area contributed by atoms with Crippen LogP contribution in [0.4, 0.5) is 5.82 Å². The maximum Gasteiger partial charge on any atom is 0.339 e. The number of nitrogens with zero attached hydrogens (tertiary/aromatic N) is 1. The number of aryl methyl sites for hydroxylation is 1. The van der Waals surface area contributed by atoms with Crippen molar-refractivity contribution in [1.29, 1.82) is 0 Å². The number of nitrogens with two attached hydrogens (primary N) is 1. The highest BCUT2D eigenvalue weighted by atomic mass is 79.9. The minimum absolute atomic E-state index is 0. The van der Waals surface area contributed by atoms with Crippen LogP contribution in [-0.2, 0) is 0 Å². The normalized spacial score (nSPS) is 9.08. The zero-order chi connectivity index (χ0) is 9.30. The number of halogens is 2. The second kappa shape index (κ2) is 4.57. The first kappa shape index (κ1) is 12.4. The Balaban J connectivity index is 0.00000144. The second-order valence-corrected chi connectivity index (χ2v) is 3.15. The molecule has 1 heterocycles. The molecule has 72 valence electrons. The second-order valence-electron chi connectivity index (χ2n) is 2.29. The van der Waals surface area contributed by atoms with Gasteiger partial charge in [-0.05, 0) is 28.9 Å². The van der Waals surface area contributed by atoms with E-state index < -0.39 is 5.97 Å². The fraction of sp³-hybridized carbons (Fsp3) is 0.143. The lowest BCUT2D eigenvalue weighted by atomic mass is 10.2. The molecule has 6 heteroatoms. The van der Waals surface area contributed by atoms with E-state index in [4.69, 9.17) is 10.8 Å². The molecule has 0 unspecified atom stereocenters. The van der Waals surface area contributed by atoms with Crippen LogP contribution in [-0.4, -0.2) is 16.1 Å². The Hall–Kier alpha value is -0.620. The molecule has 0 saturated carbocycles. The van der Waals surface area contributed by atoms with Crippen molar-refractivity contribution in [2.45, 2.75) is 6.92 Å². The van der Waals surface area contributed by atoms with Crippen molar-refractivity contribution in [3.05, 3.63) is 21.8 Å². The first-order chi connectivity index (χ1) is 5.52. The molecule has 3 N–H and O–H groups in total. The Kier molecular flexibility index (Phi) is 4.35. The standard InChI is InChI=1S/C7H7BrN2O2.BrH/c1-3-5(8)2-4(7(11)12)6(9)10-3;/h2H,1H3,(H2,9,10)(H,11,12);1H. The average Bonchev–Trinajstić information content (AvgIpc) is 1.96. The van der Waals surface area contributed by atoms with Gasteiger partial charge in [0.1, 0.15) is 11.4 Å². The molecule has 1 aromatic heterocycles. The number of carbonyl (C=O) groups is 1. The van der Waals surface area contributed by atoms with E-state index in [1.165, 1.54) is 6.07 Å². The van der Waals surface area contributed by atoms with Crippen LogP contribution in [0.25, 0.3) is 0 Å². The predicted molar refractivity (Wildman–Crippen MR) is 58.4 cm³/mol. The van der Waals surface area contributed by atoms with Gasteiger partial charge in [0.25, 0.3) is 0 Å². The summed E-state index contributed by atoms with van der Waals surface area (Å²) >= 11 is 3.17. The van der Waals surface area contributed by atoms with E-state index in [9.17, 15) is 4.79 Å². The number of carboxylic acid groups (broad SMARTS) is 1. The highest BCUT2D eigenvalue weighted by Crippen LogP contribution is 2.19. The Morgan fingerprint density at radius 2 is 2.23 bits per heavy atom. The third kappa shape index (κ3) is 2.67. The lowest BCUT2D eigenvalue weighted by Crippen LogP contribution is -2.05. The van der Waals surface area contributed by atoms with E-state index >= 15 is 0 Å². The van der Waals surface area contributed by atoms with E-state index in [2.05, 4.69) is 20.9 Å². The third-order valence-corrected chi connectivity index (χ3v) is 2.21. The van der Waals surface area contributed by atoms with Crippen LogP contribution in [0.2, 0.25) is 0 Å². The number of carboxylic acids is 1. The minimum Gasteiger partial charge on any atom is -0.478 e. The molecule has 0 bridgehead atoms. The Labute approximate surface area is 94.1 Å². The largest absolute Gasteiger partial charge is 0.478 e. The van der Waals surface area contributed by atoms with Crippen LogP contribution in [0.5, 0.6) is 0 Å². The van der Waals surface area contributed by atoms with Gasteiger partial charge in [-0.15, -0.1) is 17.0 Å². The molecule has 1 aromatic rings. The Morgan fingerprint density at radius 3 is 2.69 bits per heavy atom. The molecule has 0 aliphatic rings. The molecule has 0 aromatic carbocycles. The molecule has 0 atom stereocenters. The first-order valence-corrected chi connectivity index (χ1v) is 3.97. The van der Waals surface area contributed by atoms with Gasteiger partial charge >= 0.3 is 5.97 Å². The molecule has 0 spiro atoms. The van der Waals surface area contributed by atoms with Crippen LogP contribution < -0.4 is 5.73 Å². The van der Waals surface area contributed by atoms with Gasteiger partial charge in [-0.25, -0.2) is 9.78 Å². The van der Waals surface area contributed by atoms with Gasteiger partial charge < -0.3 is 10.8 Å². The topological polar surface area (TPSA) is 76.2 Å². The summed E-state index contributed by atoms with van der Waals surface area (Å²) in [5, 5.41) is 8.64. The van der Waals surface area contributed by atoms with E-state index in [0.29, 0.717) is 10.2 Å². The highest BCUT2D eigenvalue weighted by Gasteiger charge is 2.10. The maximum absolute atomic E-state index is 10.5. The quantitative estimate of drug-likeness (QED) is 0.832. The van der Waals surface area contributed by atoms with Gasteiger partial charge in [0.05, 0.1) is 5.69 Å². The molecule has 0 saturated heterocycles.